The monoisotopic (exact) mass is 584 g/mol. The quantitative estimate of drug-likeness (QED) is 0.115. The number of carbonyl (C=O) groups is 2. The minimum atomic E-state index is 0.0136. The van der Waals surface area contributed by atoms with Crippen molar-refractivity contribution >= 4 is 29.0 Å². The highest BCUT2D eigenvalue weighted by Crippen LogP contribution is 2.22. The molecule has 5 nitrogen and oxygen atoms in total. The maximum absolute atomic E-state index is 13.3. The van der Waals surface area contributed by atoms with Crippen molar-refractivity contribution in [2.75, 3.05) is 44.6 Å². The van der Waals surface area contributed by atoms with Gasteiger partial charge in [-0.15, -0.1) is 0 Å². The molecule has 0 aliphatic rings. The highest BCUT2D eigenvalue weighted by molar-refractivity contribution is 6.31. The van der Waals surface area contributed by atoms with E-state index < -0.39 is 0 Å². The number of nitrogens with one attached hydrogen (secondary N) is 2. The number of hydrogen-bond donors (Lipinski definition) is 2. The van der Waals surface area contributed by atoms with Gasteiger partial charge in [-0.1, -0.05) is 81.5 Å². The molecule has 0 saturated heterocycles. The zero-order valence-corrected chi connectivity index (χ0v) is 27.2. The lowest BCUT2D eigenvalue weighted by Gasteiger charge is -2.38. The second kappa shape index (κ2) is 19.1. The molecule has 0 heterocycles. The molecule has 0 aliphatic carbocycles. The maximum atomic E-state index is 13.3. The zero-order valence-electron chi connectivity index (χ0n) is 26.4. The fourth-order valence-corrected chi connectivity index (χ4v) is 6.15. The summed E-state index contributed by atoms with van der Waals surface area (Å²) in [6, 6.07) is 11.9. The minimum Gasteiger partial charge on any atom is -0.324 e. The largest absolute Gasteiger partial charge is 0.324 e. The van der Waals surface area contributed by atoms with Gasteiger partial charge in [0.1, 0.15) is 6.54 Å². The van der Waals surface area contributed by atoms with Gasteiger partial charge >= 0.3 is 0 Å². The number of carbonyl (C=O) groups excluding carboxylic acids is 2. The smallest absolute Gasteiger partial charge is 0.238 e. The van der Waals surface area contributed by atoms with Crippen LogP contribution in [0.25, 0.3) is 0 Å². The van der Waals surface area contributed by atoms with E-state index in [0.717, 1.165) is 84.3 Å². The van der Waals surface area contributed by atoms with E-state index in [4.69, 9.17) is 11.6 Å². The Morgan fingerprint density at radius 1 is 0.756 bits per heavy atom. The van der Waals surface area contributed by atoms with E-state index in [1.165, 1.54) is 32.1 Å². The molecule has 228 valence electrons. The summed E-state index contributed by atoms with van der Waals surface area (Å²) in [7, 11) is 0. The molecular formula is C35H55ClN3O2+. The third-order valence-electron chi connectivity index (χ3n) is 8.19. The van der Waals surface area contributed by atoms with Crippen molar-refractivity contribution in [3.63, 3.8) is 0 Å². The summed E-state index contributed by atoms with van der Waals surface area (Å²) < 4.78 is 0.917. The Bertz CT molecular complexity index is 1050. The Morgan fingerprint density at radius 3 is 2.02 bits per heavy atom. The number of halogens is 1. The van der Waals surface area contributed by atoms with Crippen LogP contribution in [0.15, 0.2) is 36.4 Å². The number of rotatable bonds is 21. The van der Waals surface area contributed by atoms with Gasteiger partial charge in [-0.2, -0.15) is 0 Å². The van der Waals surface area contributed by atoms with Crippen LogP contribution in [0.3, 0.4) is 0 Å². The number of nitrogens with zero attached hydrogens (tertiary/aromatic N) is 1. The molecule has 2 aromatic carbocycles. The van der Waals surface area contributed by atoms with E-state index in [0.29, 0.717) is 30.3 Å². The Kier molecular flexibility index (Phi) is 16.3. The molecule has 2 aromatic rings. The molecule has 1 atom stereocenters. The molecule has 6 heteroatoms. The average Bonchev–Trinajstić information content (AvgIpc) is 2.93. The van der Waals surface area contributed by atoms with Gasteiger partial charge in [0.2, 0.25) is 5.91 Å². The van der Waals surface area contributed by atoms with E-state index >= 15 is 0 Å². The van der Waals surface area contributed by atoms with Gasteiger partial charge in [-0.25, -0.2) is 0 Å². The second-order valence-corrected chi connectivity index (χ2v) is 12.3. The molecule has 0 spiro atoms. The maximum Gasteiger partial charge on any atom is 0.238 e. The van der Waals surface area contributed by atoms with Crippen LogP contribution in [-0.4, -0.2) is 55.4 Å². The number of hydrogen-bond acceptors (Lipinski definition) is 3. The van der Waals surface area contributed by atoms with Crippen molar-refractivity contribution in [3.05, 3.63) is 63.7 Å². The van der Waals surface area contributed by atoms with Gasteiger partial charge in [0, 0.05) is 17.1 Å². The molecule has 2 N–H and O–H groups in total. The van der Waals surface area contributed by atoms with Crippen molar-refractivity contribution in [1.82, 2.24) is 5.32 Å². The first-order valence-electron chi connectivity index (χ1n) is 15.9. The van der Waals surface area contributed by atoms with Gasteiger partial charge in [-0.05, 0) is 87.7 Å². The van der Waals surface area contributed by atoms with Crippen molar-refractivity contribution in [1.29, 1.82) is 0 Å². The Balaban J connectivity index is 1.70. The SMILES string of the molecule is CCCC[N+](CCC)(CCCCCCCCNCC(=O)Nc1c(C)cccc1C)CC(=O)Cc1c(C)cccc1Cl. The van der Waals surface area contributed by atoms with Crippen LogP contribution in [0.5, 0.6) is 0 Å². The highest BCUT2D eigenvalue weighted by Gasteiger charge is 2.29. The number of unbranched alkanes of at least 4 members (excludes halogenated alkanes) is 6. The lowest BCUT2D eigenvalue weighted by molar-refractivity contribution is -0.921. The Hall–Kier alpha value is -2.21. The number of Topliss-reactive ketones (excluding diaryl/α,β-unsaturated/α-hetero) is 1. The van der Waals surface area contributed by atoms with Crippen LogP contribution >= 0.6 is 11.6 Å². The summed E-state index contributed by atoms with van der Waals surface area (Å²) >= 11 is 6.44. The molecule has 2 rings (SSSR count). The van der Waals surface area contributed by atoms with Gasteiger partial charge < -0.3 is 15.1 Å². The van der Waals surface area contributed by atoms with Crippen LogP contribution in [0.1, 0.15) is 93.9 Å². The lowest BCUT2D eigenvalue weighted by Crippen LogP contribution is -2.53. The van der Waals surface area contributed by atoms with Crippen LogP contribution in [-0.2, 0) is 16.0 Å². The van der Waals surface area contributed by atoms with Gasteiger partial charge in [0.25, 0.3) is 0 Å². The third-order valence-corrected chi connectivity index (χ3v) is 8.54. The van der Waals surface area contributed by atoms with Crippen molar-refractivity contribution in [3.8, 4) is 0 Å². The summed E-state index contributed by atoms with van der Waals surface area (Å²) in [4.78, 5) is 25.6. The van der Waals surface area contributed by atoms with Crippen molar-refractivity contribution in [2.45, 2.75) is 98.8 Å². The van der Waals surface area contributed by atoms with E-state index in [1.807, 2.05) is 57.2 Å². The molecule has 0 radical (unpaired) electrons. The summed E-state index contributed by atoms with van der Waals surface area (Å²) in [5, 5.41) is 7.03. The normalized spacial score (nSPS) is 12.7. The number of quaternary nitrogens is 1. The predicted molar refractivity (Wildman–Crippen MR) is 175 cm³/mol. The first-order valence-corrected chi connectivity index (χ1v) is 16.3. The molecule has 41 heavy (non-hydrogen) atoms. The zero-order chi connectivity index (χ0) is 30.1. The Labute approximate surface area is 255 Å². The van der Waals surface area contributed by atoms with Crippen LogP contribution in [0.4, 0.5) is 5.69 Å². The fraction of sp³-hybridized carbons (Fsp3) is 0.600. The van der Waals surface area contributed by atoms with Gasteiger partial charge in [0.05, 0.1) is 26.2 Å². The van der Waals surface area contributed by atoms with Crippen molar-refractivity contribution in [2.24, 2.45) is 0 Å². The molecular weight excluding hydrogens is 530 g/mol. The van der Waals surface area contributed by atoms with Gasteiger partial charge in [0.15, 0.2) is 5.78 Å². The number of benzene rings is 2. The summed E-state index contributed by atoms with van der Waals surface area (Å²) in [6.45, 7) is 15.6. The number of aryl methyl sites for hydroxylation is 3. The fourth-order valence-electron chi connectivity index (χ4n) is 5.86. The lowest BCUT2D eigenvalue weighted by atomic mass is 10.0. The Morgan fingerprint density at radius 2 is 1.37 bits per heavy atom. The number of amides is 1. The standard InChI is InChI=1S/C35H54ClN3O2/c1-6-8-23-39(22-7-2,27-31(40)25-32-28(3)17-16-20-33(32)36)24-14-12-10-9-11-13-21-37-26-34(41)38-35-29(4)18-15-19-30(35)5/h15-20,37H,6-14,21-27H2,1-5H3/p+1. The molecule has 0 aromatic heterocycles. The summed E-state index contributed by atoms with van der Waals surface area (Å²) in [5.74, 6) is 0.320. The summed E-state index contributed by atoms with van der Waals surface area (Å²) in [6.07, 6.45) is 10.9. The molecule has 0 fully saturated rings. The molecule has 0 bridgehead atoms. The second-order valence-electron chi connectivity index (χ2n) is 11.9. The average molecular weight is 585 g/mol. The van der Waals surface area contributed by atoms with E-state index in [2.05, 4.69) is 24.5 Å². The number of para-hydroxylation sites is 1. The van der Waals surface area contributed by atoms with E-state index in [-0.39, 0.29) is 5.91 Å². The third kappa shape index (κ3) is 12.7. The first-order chi connectivity index (χ1) is 19.7. The van der Waals surface area contributed by atoms with Crippen LogP contribution < -0.4 is 10.6 Å². The van der Waals surface area contributed by atoms with Crippen molar-refractivity contribution < 1.29 is 14.1 Å². The first kappa shape index (κ1) is 35.0. The molecule has 1 unspecified atom stereocenters. The highest BCUT2D eigenvalue weighted by atomic mass is 35.5. The summed E-state index contributed by atoms with van der Waals surface area (Å²) in [5.41, 5.74) is 5.20. The number of anilines is 1. The molecule has 1 amide bonds. The van der Waals surface area contributed by atoms with Crippen LogP contribution in [0, 0.1) is 20.8 Å². The number of ketones is 1. The topological polar surface area (TPSA) is 58.2 Å². The van der Waals surface area contributed by atoms with E-state index in [9.17, 15) is 9.59 Å². The minimum absolute atomic E-state index is 0.0136. The van der Waals surface area contributed by atoms with Crippen LogP contribution in [0.2, 0.25) is 5.02 Å². The van der Waals surface area contributed by atoms with E-state index in [1.54, 1.807) is 0 Å². The molecule has 0 aliphatic heterocycles. The van der Waals surface area contributed by atoms with Gasteiger partial charge in [-0.3, -0.25) is 9.59 Å². The predicted octanol–water partition coefficient (Wildman–Crippen LogP) is 7.97. The molecule has 0 saturated carbocycles.